The Morgan fingerprint density at radius 1 is 1.00 bits per heavy atom. The summed E-state index contributed by atoms with van der Waals surface area (Å²) in [5.41, 5.74) is 8.55. The number of hydroxylamine groups is 1. The molecule has 3 N–H and O–H groups in total. The summed E-state index contributed by atoms with van der Waals surface area (Å²) in [6, 6.07) is 21.5. The van der Waals surface area contributed by atoms with Gasteiger partial charge in [0.15, 0.2) is 0 Å². The van der Waals surface area contributed by atoms with Gasteiger partial charge in [-0.15, -0.1) is 0 Å². The van der Waals surface area contributed by atoms with Crippen molar-refractivity contribution in [2.45, 2.75) is 44.4 Å². The van der Waals surface area contributed by atoms with Crippen LogP contribution in [-0.4, -0.2) is 28.6 Å². The highest BCUT2D eigenvalue weighted by molar-refractivity contribution is 5.93. The van der Waals surface area contributed by atoms with Crippen molar-refractivity contribution < 1.29 is 14.4 Å². The number of fused-ring (bicyclic) bond motifs is 1. The Morgan fingerprint density at radius 2 is 1.76 bits per heavy atom. The fourth-order valence-electron chi connectivity index (χ4n) is 4.75. The van der Waals surface area contributed by atoms with Gasteiger partial charge in [0.25, 0.3) is 5.91 Å². The van der Waals surface area contributed by atoms with Crippen molar-refractivity contribution in [1.29, 1.82) is 0 Å². The van der Waals surface area contributed by atoms with Gasteiger partial charge >= 0.3 is 0 Å². The lowest BCUT2D eigenvalue weighted by Gasteiger charge is -2.29. The average molecular weight is 446 g/mol. The van der Waals surface area contributed by atoms with Gasteiger partial charge < -0.3 is 5.32 Å². The molecule has 0 spiro atoms. The lowest BCUT2D eigenvalue weighted by atomic mass is 9.97. The van der Waals surface area contributed by atoms with Crippen LogP contribution in [0.2, 0.25) is 0 Å². The van der Waals surface area contributed by atoms with E-state index in [1.165, 1.54) is 22.3 Å². The number of benzene rings is 3. The molecule has 0 aromatic heterocycles. The summed E-state index contributed by atoms with van der Waals surface area (Å²) in [7, 11) is 0. The predicted octanol–water partition coefficient (Wildman–Crippen LogP) is 4.15. The van der Waals surface area contributed by atoms with Gasteiger partial charge in [-0.05, 0) is 64.9 Å². The lowest BCUT2D eigenvalue weighted by molar-refractivity contribution is 0.0706. The van der Waals surface area contributed by atoms with Crippen molar-refractivity contribution in [3.05, 3.63) is 106 Å². The SMILES string of the molecule is O=C(NO)c1ccc(CN2CCc3ccc(CNC4CC4c4ccc(F)cc4)cc3C2)cc1. The van der Waals surface area contributed by atoms with Crippen LogP contribution in [-0.2, 0) is 26.1 Å². The Bertz CT molecular complexity index is 1130. The molecule has 2 unspecified atom stereocenters. The molecule has 0 bridgehead atoms. The molecule has 33 heavy (non-hydrogen) atoms. The zero-order valence-corrected chi connectivity index (χ0v) is 18.4. The highest BCUT2D eigenvalue weighted by Gasteiger charge is 2.37. The standard InChI is InChI=1S/C27H28FN3O2/c28-24-9-7-21(8-10-24)25-14-26(25)29-15-19-3-4-20-11-12-31(17-23(20)13-19)16-18-1-5-22(6-2-18)27(32)30-33/h1-10,13,25-26,29,33H,11-12,14-17H2,(H,30,32). The summed E-state index contributed by atoms with van der Waals surface area (Å²) in [4.78, 5) is 13.9. The van der Waals surface area contributed by atoms with Gasteiger partial charge in [-0.1, -0.05) is 42.5 Å². The molecule has 6 heteroatoms. The predicted molar refractivity (Wildman–Crippen MR) is 124 cm³/mol. The fraction of sp³-hybridized carbons (Fsp3) is 0.296. The Hall–Kier alpha value is -3.06. The first kappa shape index (κ1) is 21.8. The number of nitrogens with zero attached hydrogens (tertiary/aromatic N) is 1. The monoisotopic (exact) mass is 445 g/mol. The molecule has 1 aliphatic carbocycles. The number of rotatable bonds is 7. The number of amides is 1. The van der Waals surface area contributed by atoms with E-state index in [1.54, 1.807) is 29.7 Å². The molecule has 1 fully saturated rings. The first-order valence-corrected chi connectivity index (χ1v) is 11.4. The molecule has 5 rings (SSSR count). The summed E-state index contributed by atoms with van der Waals surface area (Å²) in [6.45, 7) is 3.57. The van der Waals surface area contributed by atoms with Crippen LogP contribution in [0.3, 0.4) is 0 Å². The third kappa shape index (κ3) is 5.14. The van der Waals surface area contributed by atoms with Crippen LogP contribution in [0.5, 0.6) is 0 Å². The molecule has 3 aromatic carbocycles. The Balaban J connectivity index is 1.16. The third-order valence-corrected chi connectivity index (χ3v) is 6.74. The minimum atomic E-state index is -0.496. The topological polar surface area (TPSA) is 64.6 Å². The van der Waals surface area contributed by atoms with Crippen molar-refractivity contribution in [1.82, 2.24) is 15.7 Å². The van der Waals surface area contributed by atoms with Gasteiger partial charge in [-0.2, -0.15) is 0 Å². The highest BCUT2D eigenvalue weighted by atomic mass is 19.1. The van der Waals surface area contributed by atoms with Crippen LogP contribution in [0.15, 0.2) is 66.7 Å². The Morgan fingerprint density at radius 3 is 2.52 bits per heavy atom. The van der Waals surface area contributed by atoms with Gasteiger partial charge in [0.2, 0.25) is 0 Å². The summed E-state index contributed by atoms with van der Waals surface area (Å²) in [6.07, 6.45) is 2.13. The molecule has 1 saturated carbocycles. The van der Waals surface area contributed by atoms with Crippen LogP contribution < -0.4 is 10.8 Å². The number of nitrogens with one attached hydrogen (secondary N) is 2. The maximum absolute atomic E-state index is 13.1. The van der Waals surface area contributed by atoms with E-state index in [-0.39, 0.29) is 5.82 Å². The second-order valence-corrected chi connectivity index (χ2v) is 9.08. The Labute approximate surface area is 193 Å². The van der Waals surface area contributed by atoms with Crippen LogP contribution in [0.25, 0.3) is 0 Å². The largest absolute Gasteiger partial charge is 0.309 e. The van der Waals surface area contributed by atoms with Crippen molar-refractivity contribution in [2.75, 3.05) is 6.54 Å². The van der Waals surface area contributed by atoms with Crippen molar-refractivity contribution in [3.63, 3.8) is 0 Å². The average Bonchev–Trinajstić information content (AvgIpc) is 3.62. The van der Waals surface area contributed by atoms with Crippen molar-refractivity contribution in [2.24, 2.45) is 0 Å². The zero-order valence-electron chi connectivity index (χ0n) is 18.4. The van der Waals surface area contributed by atoms with Crippen LogP contribution in [0.4, 0.5) is 4.39 Å². The Kier molecular flexibility index (Phi) is 6.22. The van der Waals surface area contributed by atoms with E-state index >= 15 is 0 Å². The smallest absolute Gasteiger partial charge is 0.274 e. The van der Waals surface area contributed by atoms with Gasteiger partial charge in [-0.3, -0.25) is 14.9 Å². The minimum Gasteiger partial charge on any atom is -0.309 e. The van der Waals surface area contributed by atoms with Crippen molar-refractivity contribution in [3.8, 4) is 0 Å². The first-order chi connectivity index (χ1) is 16.1. The second kappa shape index (κ2) is 9.43. The number of carbonyl (C=O) groups excluding carboxylic acids is 1. The van der Waals surface area contributed by atoms with Crippen molar-refractivity contribution >= 4 is 5.91 Å². The summed E-state index contributed by atoms with van der Waals surface area (Å²) in [5.74, 6) is -0.198. The molecule has 0 saturated heterocycles. The van der Waals surface area contributed by atoms with Gasteiger partial charge in [0, 0.05) is 43.7 Å². The number of hydrogen-bond acceptors (Lipinski definition) is 4. The minimum absolute atomic E-state index is 0.182. The van der Waals surface area contributed by atoms with E-state index in [9.17, 15) is 9.18 Å². The third-order valence-electron chi connectivity index (χ3n) is 6.74. The lowest BCUT2D eigenvalue weighted by Crippen LogP contribution is -2.30. The number of hydrogen-bond donors (Lipinski definition) is 3. The van der Waals surface area contributed by atoms with E-state index in [4.69, 9.17) is 5.21 Å². The molecular formula is C27H28FN3O2. The molecule has 2 aliphatic rings. The molecule has 3 aromatic rings. The van der Waals surface area contributed by atoms with Gasteiger partial charge in [-0.25, -0.2) is 9.87 Å². The second-order valence-electron chi connectivity index (χ2n) is 9.08. The molecule has 1 heterocycles. The van der Waals surface area contributed by atoms with E-state index in [0.29, 0.717) is 17.5 Å². The quantitative estimate of drug-likeness (QED) is 0.378. The molecule has 5 nitrogen and oxygen atoms in total. The van der Waals surface area contributed by atoms with Crippen LogP contribution in [0, 0.1) is 5.82 Å². The van der Waals surface area contributed by atoms with Gasteiger partial charge in [0.1, 0.15) is 5.82 Å². The normalized spacial score (nSPS) is 19.7. The zero-order chi connectivity index (χ0) is 22.8. The highest BCUT2D eigenvalue weighted by Crippen LogP contribution is 2.41. The van der Waals surface area contributed by atoms with Crippen LogP contribution in [0.1, 0.15) is 50.5 Å². The summed E-state index contributed by atoms with van der Waals surface area (Å²) >= 11 is 0. The molecular weight excluding hydrogens is 417 g/mol. The van der Waals surface area contributed by atoms with E-state index < -0.39 is 5.91 Å². The molecule has 1 aliphatic heterocycles. The number of carbonyl (C=O) groups is 1. The molecule has 170 valence electrons. The van der Waals surface area contributed by atoms with E-state index in [2.05, 4.69) is 28.4 Å². The number of halogens is 1. The summed E-state index contributed by atoms with van der Waals surface area (Å²) in [5, 5.41) is 12.4. The fourth-order valence-corrected chi connectivity index (χ4v) is 4.75. The van der Waals surface area contributed by atoms with E-state index in [0.717, 1.165) is 44.6 Å². The van der Waals surface area contributed by atoms with Crippen LogP contribution >= 0.6 is 0 Å². The summed E-state index contributed by atoms with van der Waals surface area (Å²) < 4.78 is 13.1. The van der Waals surface area contributed by atoms with E-state index in [1.807, 2.05) is 24.3 Å². The first-order valence-electron chi connectivity index (χ1n) is 11.4. The maximum atomic E-state index is 13.1. The maximum Gasteiger partial charge on any atom is 0.274 e. The van der Waals surface area contributed by atoms with Gasteiger partial charge in [0.05, 0.1) is 0 Å². The molecule has 0 radical (unpaired) electrons. The molecule has 2 atom stereocenters. The molecule has 1 amide bonds.